The summed E-state index contributed by atoms with van der Waals surface area (Å²) >= 11 is 0. The average molecular weight is 431 g/mol. The van der Waals surface area contributed by atoms with Gasteiger partial charge >= 0.3 is 0 Å². The molecule has 7 nitrogen and oxygen atoms in total. The number of rotatable bonds is 8. The number of nitrogens with one attached hydrogen (secondary N) is 1. The molecule has 2 heterocycles. The highest BCUT2D eigenvalue weighted by atomic mass is 19.1. The quantitative estimate of drug-likeness (QED) is 0.692. The largest absolute Gasteiger partial charge is 0.379 e. The Morgan fingerprint density at radius 1 is 1.13 bits per heavy atom. The third-order valence-electron chi connectivity index (χ3n) is 6.45. The average Bonchev–Trinajstić information content (AvgIpc) is 3.28. The van der Waals surface area contributed by atoms with E-state index in [-0.39, 0.29) is 17.3 Å². The highest BCUT2D eigenvalue weighted by Crippen LogP contribution is 2.33. The second-order valence-electron chi connectivity index (χ2n) is 8.53. The molecule has 1 aromatic heterocycles. The normalized spacial score (nSPS) is 19.3. The molecule has 168 valence electrons. The molecule has 1 aromatic carbocycles. The number of hydrogen-bond donors (Lipinski definition) is 1. The summed E-state index contributed by atoms with van der Waals surface area (Å²) < 4.78 is 23.9. The number of halogens is 1. The molecular formula is C23H31FN4O3. The van der Waals surface area contributed by atoms with Crippen molar-refractivity contribution in [2.75, 3.05) is 32.8 Å². The lowest BCUT2D eigenvalue weighted by Crippen LogP contribution is -2.59. The zero-order chi connectivity index (χ0) is 21.5. The van der Waals surface area contributed by atoms with Crippen LogP contribution in [0.3, 0.4) is 0 Å². The molecule has 4 rings (SSSR count). The molecule has 0 radical (unpaired) electrons. The molecule has 1 saturated carbocycles. The first kappa shape index (κ1) is 21.9. The number of carbonyl (C=O) groups excluding carboxylic acids is 1. The van der Waals surface area contributed by atoms with Crippen LogP contribution in [0.1, 0.15) is 50.8 Å². The summed E-state index contributed by atoms with van der Waals surface area (Å²) in [7, 11) is 0. The summed E-state index contributed by atoms with van der Waals surface area (Å²) in [6.45, 7) is 4.16. The number of aryl methyl sites for hydroxylation is 1. The summed E-state index contributed by atoms with van der Waals surface area (Å²) in [5, 5.41) is 7.14. The van der Waals surface area contributed by atoms with E-state index in [4.69, 9.17) is 9.26 Å². The van der Waals surface area contributed by atoms with Gasteiger partial charge in [-0.25, -0.2) is 4.39 Å². The molecule has 0 unspecified atom stereocenters. The van der Waals surface area contributed by atoms with E-state index in [1.807, 2.05) is 0 Å². The van der Waals surface area contributed by atoms with Crippen molar-refractivity contribution in [3.05, 3.63) is 36.0 Å². The van der Waals surface area contributed by atoms with Gasteiger partial charge < -0.3 is 14.6 Å². The van der Waals surface area contributed by atoms with Gasteiger partial charge in [0.25, 0.3) is 0 Å². The smallest absolute Gasteiger partial charge is 0.226 e. The number of benzene rings is 1. The van der Waals surface area contributed by atoms with Crippen molar-refractivity contribution in [1.82, 2.24) is 20.4 Å². The maximum atomic E-state index is 13.1. The Morgan fingerprint density at radius 2 is 1.87 bits per heavy atom. The van der Waals surface area contributed by atoms with Crippen molar-refractivity contribution in [2.45, 2.75) is 56.9 Å². The van der Waals surface area contributed by atoms with Crippen molar-refractivity contribution < 1.29 is 18.4 Å². The number of morpholine rings is 1. The number of amides is 1. The minimum atomic E-state index is -0.304. The van der Waals surface area contributed by atoms with Crippen LogP contribution < -0.4 is 5.32 Å². The van der Waals surface area contributed by atoms with Gasteiger partial charge in [0, 0.05) is 43.6 Å². The van der Waals surface area contributed by atoms with E-state index in [1.165, 1.54) is 31.4 Å². The van der Waals surface area contributed by atoms with E-state index < -0.39 is 0 Å². The van der Waals surface area contributed by atoms with Gasteiger partial charge in [0.2, 0.25) is 17.6 Å². The zero-order valence-corrected chi connectivity index (χ0v) is 17.9. The predicted octanol–water partition coefficient (Wildman–Crippen LogP) is 3.35. The van der Waals surface area contributed by atoms with Crippen molar-refractivity contribution in [3.8, 4) is 11.4 Å². The van der Waals surface area contributed by atoms with Gasteiger partial charge in [0.05, 0.1) is 13.2 Å². The van der Waals surface area contributed by atoms with Gasteiger partial charge in [-0.05, 0) is 43.5 Å². The Morgan fingerprint density at radius 3 is 2.61 bits per heavy atom. The van der Waals surface area contributed by atoms with Crippen molar-refractivity contribution >= 4 is 5.91 Å². The first-order valence-electron chi connectivity index (χ1n) is 11.3. The van der Waals surface area contributed by atoms with Crippen LogP contribution in [0.4, 0.5) is 4.39 Å². The fourth-order valence-corrected chi connectivity index (χ4v) is 4.68. The molecule has 8 heteroatoms. The van der Waals surface area contributed by atoms with Crippen LogP contribution in [-0.4, -0.2) is 59.3 Å². The Bertz CT molecular complexity index is 843. The van der Waals surface area contributed by atoms with Gasteiger partial charge in [-0.3, -0.25) is 9.69 Å². The van der Waals surface area contributed by atoms with Crippen LogP contribution in [0.2, 0.25) is 0 Å². The summed E-state index contributed by atoms with van der Waals surface area (Å²) in [4.78, 5) is 19.4. The third-order valence-corrected chi connectivity index (χ3v) is 6.45. The molecule has 2 aliphatic rings. The van der Waals surface area contributed by atoms with Crippen LogP contribution in [-0.2, 0) is 16.0 Å². The number of nitrogens with zero attached hydrogens (tertiary/aromatic N) is 3. The van der Waals surface area contributed by atoms with Crippen LogP contribution >= 0.6 is 0 Å². The van der Waals surface area contributed by atoms with E-state index in [0.717, 1.165) is 39.1 Å². The van der Waals surface area contributed by atoms with Gasteiger partial charge in [-0.15, -0.1) is 0 Å². The fraction of sp³-hybridized carbons (Fsp3) is 0.609. The molecule has 2 fully saturated rings. The topological polar surface area (TPSA) is 80.5 Å². The van der Waals surface area contributed by atoms with Crippen LogP contribution in [0.5, 0.6) is 0 Å². The molecule has 0 atom stereocenters. The standard InChI is InChI=1S/C23H31FN4O3/c24-19-9-7-18(8-10-19)22-26-21(31-27-22)6-4-5-20(29)25-17-23(11-2-1-3-12-23)28-13-15-30-16-14-28/h7-10H,1-6,11-17H2,(H,25,29). The Kier molecular flexibility index (Phi) is 7.29. The first-order chi connectivity index (χ1) is 15.1. The molecule has 1 N–H and O–H groups in total. The van der Waals surface area contributed by atoms with E-state index in [9.17, 15) is 9.18 Å². The monoisotopic (exact) mass is 430 g/mol. The summed E-state index contributed by atoms with van der Waals surface area (Å²) in [5.74, 6) is 0.687. The van der Waals surface area contributed by atoms with Crippen molar-refractivity contribution in [2.24, 2.45) is 0 Å². The summed E-state index contributed by atoms with van der Waals surface area (Å²) in [5.41, 5.74) is 0.781. The van der Waals surface area contributed by atoms with E-state index in [1.54, 1.807) is 12.1 Å². The Balaban J connectivity index is 1.24. The van der Waals surface area contributed by atoms with Crippen molar-refractivity contribution in [1.29, 1.82) is 0 Å². The number of carbonyl (C=O) groups is 1. The van der Waals surface area contributed by atoms with Crippen LogP contribution in [0.15, 0.2) is 28.8 Å². The molecule has 1 amide bonds. The summed E-state index contributed by atoms with van der Waals surface area (Å²) in [6.07, 6.45) is 7.61. The maximum Gasteiger partial charge on any atom is 0.226 e. The highest BCUT2D eigenvalue weighted by molar-refractivity contribution is 5.75. The van der Waals surface area contributed by atoms with E-state index in [2.05, 4.69) is 20.4 Å². The minimum absolute atomic E-state index is 0.0662. The molecular weight excluding hydrogens is 399 g/mol. The molecule has 2 aromatic rings. The Hall–Kier alpha value is -2.32. The molecule has 1 aliphatic heterocycles. The number of hydrogen-bond acceptors (Lipinski definition) is 6. The SMILES string of the molecule is O=C(CCCc1nc(-c2ccc(F)cc2)no1)NCC1(N2CCOCC2)CCCCC1. The lowest BCUT2D eigenvalue weighted by molar-refractivity contribution is -0.122. The first-order valence-corrected chi connectivity index (χ1v) is 11.3. The van der Waals surface area contributed by atoms with Gasteiger partial charge in [-0.2, -0.15) is 4.98 Å². The second-order valence-corrected chi connectivity index (χ2v) is 8.53. The van der Waals surface area contributed by atoms with Gasteiger partial charge in [-0.1, -0.05) is 24.4 Å². The number of ether oxygens (including phenoxy) is 1. The van der Waals surface area contributed by atoms with Crippen molar-refractivity contribution in [3.63, 3.8) is 0 Å². The fourth-order valence-electron chi connectivity index (χ4n) is 4.68. The van der Waals surface area contributed by atoms with E-state index >= 15 is 0 Å². The van der Waals surface area contributed by atoms with Gasteiger partial charge in [0.1, 0.15) is 5.82 Å². The summed E-state index contributed by atoms with van der Waals surface area (Å²) in [6, 6.07) is 5.97. The van der Waals surface area contributed by atoms with Gasteiger partial charge in [0.15, 0.2) is 0 Å². The molecule has 31 heavy (non-hydrogen) atoms. The minimum Gasteiger partial charge on any atom is -0.379 e. The molecule has 1 aliphatic carbocycles. The molecule has 1 saturated heterocycles. The third kappa shape index (κ3) is 5.68. The Labute approximate surface area is 182 Å². The zero-order valence-electron chi connectivity index (χ0n) is 17.9. The van der Waals surface area contributed by atoms with E-state index in [0.29, 0.717) is 43.1 Å². The predicted molar refractivity (Wildman–Crippen MR) is 114 cm³/mol. The lowest BCUT2D eigenvalue weighted by Gasteiger charge is -2.48. The number of aromatic nitrogens is 2. The molecule has 0 spiro atoms. The highest BCUT2D eigenvalue weighted by Gasteiger charge is 2.38. The lowest BCUT2D eigenvalue weighted by atomic mass is 9.79. The van der Waals surface area contributed by atoms with Crippen LogP contribution in [0, 0.1) is 5.82 Å². The maximum absolute atomic E-state index is 13.1. The van der Waals surface area contributed by atoms with Crippen LogP contribution in [0.25, 0.3) is 11.4 Å². The molecule has 0 bridgehead atoms. The second kappa shape index (κ2) is 10.3.